The maximum atomic E-state index is 8.65. The molecular weight excluding hydrogens is 164 g/mol. The van der Waals surface area contributed by atoms with Crippen LogP contribution in [0.5, 0.6) is 0 Å². The zero-order chi connectivity index (χ0) is 9.42. The number of aryl methyl sites for hydroxylation is 2. The summed E-state index contributed by atoms with van der Waals surface area (Å²) in [7, 11) is 1.82. The van der Waals surface area contributed by atoms with Gasteiger partial charge in [0.1, 0.15) is 11.8 Å². The number of nitriles is 1. The number of aromatic nitrogens is 3. The third-order valence-electron chi connectivity index (χ3n) is 1.99. The third-order valence-corrected chi connectivity index (χ3v) is 1.99. The largest absolute Gasteiger partial charge is 0.250 e. The Labute approximate surface area is 75.4 Å². The summed E-state index contributed by atoms with van der Waals surface area (Å²) in [6.07, 6.45) is 0. The van der Waals surface area contributed by atoms with Crippen molar-refractivity contribution < 1.29 is 0 Å². The first-order valence-electron chi connectivity index (χ1n) is 3.93. The summed E-state index contributed by atoms with van der Waals surface area (Å²) in [5.74, 6) is 0. The molecule has 2 aromatic heterocycles. The Balaban J connectivity index is 2.86. The third kappa shape index (κ3) is 1.05. The van der Waals surface area contributed by atoms with E-state index in [1.54, 1.807) is 10.7 Å². The van der Waals surface area contributed by atoms with Crippen molar-refractivity contribution in [2.75, 3.05) is 0 Å². The topological polar surface area (TPSA) is 54.5 Å². The molecule has 4 heteroatoms. The molecule has 13 heavy (non-hydrogen) atoms. The number of fused-ring (bicyclic) bond motifs is 1. The first-order chi connectivity index (χ1) is 6.22. The van der Waals surface area contributed by atoms with E-state index in [9.17, 15) is 0 Å². The van der Waals surface area contributed by atoms with Gasteiger partial charge in [-0.05, 0) is 19.1 Å². The highest BCUT2D eigenvalue weighted by atomic mass is 15.3. The fourth-order valence-corrected chi connectivity index (χ4v) is 1.37. The second kappa shape index (κ2) is 2.56. The summed E-state index contributed by atoms with van der Waals surface area (Å²) in [5.41, 5.74) is 2.13. The first kappa shape index (κ1) is 7.74. The maximum Gasteiger partial charge on any atom is 0.159 e. The molecule has 2 aromatic rings. The minimum Gasteiger partial charge on any atom is -0.250 e. The molecule has 0 amide bonds. The van der Waals surface area contributed by atoms with E-state index < -0.39 is 0 Å². The van der Waals surface area contributed by atoms with Crippen molar-refractivity contribution >= 4 is 11.0 Å². The lowest BCUT2D eigenvalue weighted by atomic mass is 10.2. The van der Waals surface area contributed by atoms with Crippen LogP contribution in [0.25, 0.3) is 11.0 Å². The molecule has 2 rings (SSSR count). The van der Waals surface area contributed by atoms with Gasteiger partial charge in [-0.15, -0.1) is 0 Å². The molecule has 0 saturated heterocycles. The quantitative estimate of drug-likeness (QED) is 0.599. The van der Waals surface area contributed by atoms with Gasteiger partial charge in [-0.1, -0.05) is 0 Å². The van der Waals surface area contributed by atoms with Crippen molar-refractivity contribution in [3.05, 3.63) is 23.5 Å². The summed E-state index contributed by atoms with van der Waals surface area (Å²) < 4.78 is 1.69. The van der Waals surface area contributed by atoms with Crippen LogP contribution < -0.4 is 0 Å². The second-order valence-electron chi connectivity index (χ2n) is 2.89. The number of pyridine rings is 1. The van der Waals surface area contributed by atoms with Crippen LogP contribution >= 0.6 is 0 Å². The molecule has 0 saturated carbocycles. The Kier molecular flexibility index (Phi) is 1.52. The fourth-order valence-electron chi connectivity index (χ4n) is 1.37. The summed E-state index contributed by atoms with van der Waals surface area (Å²) in [5, 5.41) is 13.9. The van der Waals surface area contributed by atoms with Crippen LogP contribution in [-0.2, 0) is 7.05 Å². The van der Waals surface area contributed by atoms with E-state index >= 15 is 0 Å². The Bertz CT molecular complexity index is 504. The fraction of sp³-hybridized carbons (Fsp3) is 0.222. The predicted octanol–water partition coefficient (Wildman–Crippen LogP) is 1.15. The Hall–Kier alpha value is -1.89. The van der Waals surface area contributed by atoms with E-state index in [1.807, 2.05) is 26.1 Å². The van der Waals surface area contributed by atoms with Crippen molar-refractivity contribution in [1.29, 1.82) is 5.26 Å². The molecule has 0 fully saturated rings. The molecule has 0 aliphatic rings. The van der Waals surface area contributed by atoms with E-state index in [4.69, 9.17) is 5.26 Å². The van der Waals surface area contributed by atoms with Gasteiger partial charge in [0, 0.05) is 12.4 Å². The van der Waals surface area contributed by atoms with Gasteiger partial charge in [0.25, 0.3) is 0 Å². The van der Waals surface area contributed by atoms with Crippen LogP contribution in [0, 0.1) is 18.3 Å². The van der Waals surface area contributed by atoms with Crippen LogP contribution in [0.1, 0.15) is 11.4 Å². The molecule has 0 aliphatic heterocycles. The number of rotatable bonds is 0. The summed E-state index contributed by atoms with van der Waals surface area (Å²) in [4.78, 5) is 4.15. The van der Waals surface area contributed by atoms with Gasteiger partial charge in [0.15, 0.2) is 5.65 Å². The normalized spacial score (nSPS) is 10.2. The number of hydrogen-bond donors (Lipinski definition) is 0. The maximum absolute atomic E-state index is 8.65. The Morgan fingerprint density at radius 1 is 1.46 bits per heavy atom. The molecular formula is C9H8N4. The second-order valence-corrected chi connectivity index (χ2v) is 2.89. The molecule has 0 aromatic carbocycles. The Morgan fingerprint density at radius 3 is 2.92 bits per heavy atom. The van der Waals surface area contributed by atoms with Gasteiger partial charge in [0.05, 0.1) is 5.69 Å². The smallest absolute Gasteiger partial charge is 0.159 e. The van der Waals surface area contributed by atoms with Crippen LogP contribution in [0.4, 0.5) is 0 Å². The SMILES string of the molecule is Cc1nn(C)c2nc(C#N)ccc12. The minimum absolute atomic E-state index is 0.426. The van der Waals surface area contributed by atoms with Gasteiger partial charge in [-0.3, -0.25) is 4.68 Å². The molecule has 64 valence electrons. The summed E-state index contributed by atoms with van der Waals surface area (Å²) in [6.45, 7) is 1.93. The molecule has 0 unspecified atom stereocenters. The molecule has 0 aliphatic carbocycles. The van der Waals surface area contributed by atoms with Gasteiger partial charge < -0.3 is 0 Å². The lowest BCUT2D eigenvalue weighted by Crippen LogP contribution is -1.92. The monoisotopic (exact) mass is 172 g/mol. The van der Waals surface area contributed by atoms with Crippen LogP contribution in [0.2, 0.25) is 0 Å². The molecule has 4 nitrogen and oxygen atoms in total. The molecule has 0 radical (unpaired) electrons. The van der Waals surface area contributed by atoms with E-state index in [-0.39, 0.29) is 0 Å². The Morgan fingerprint density at radius 2 is 2.23 bits per heavy atom. The van der Waals surface area contributed by atoms with Crippen LogP contribution in [-0.4, -0.2) is 14.8 Å². The first-order valence-corrected chi connectivity index (χ1v) is 3.93. The van der Waals surface area contributed by atoms with Crippen LogP contribution in [0.15, 0.2) is 12.1 Å². The van der Waals surface area contributed by atoms with Gasteiger partial charge in [-0.2, -0.15) is 10.4 Å². The highest BCUT2D eigenvalue weighted by Crippen LogP contribution is 2.14. The average Bonchev–Trinajstić information content (AvgIpc) is 2.42. The highest BCUT2D eigenvalue weighted by Gasteiger charge is 2.05. The summed E-state index contributed by atoms with van der Waals surface area (Å²) in [6, 6.07) is 5.59. The molecule has 0 spiro atoms. The van der Waals surface area contributed by atoms with E-state index in [1.165, 1.54) is 0 Å². The average molecular weight is 172 g/mol. The van der Waals surface area contributed by atoms with Crippen LogP contribution in [0.3, 0.4) is 0 Å². The van der Waals surface area contributed by atoms with Crippen molar-refractivity contribution in [2.45, 2.75) is 6.92 Å². The lowest BCUT2D eigenvalue weighted by Gasteiger charge is -1.92. The number of nitrogens with zero attached hydrogens (tertiary/aromatic N) is 4. The molecule has 0 atom stereocenters. The highest BCUT2D eigenvalue weighted by molar-refractivity contribution is 5.78. The standard InChI is InChI=1S/C9H8N4/c1-6-8-4-3-7(5-10)11-9(8)13(2)12-6/h3-4H,1-2H3. The van der Waals surface area contributed by atoms with Gasteiger partial charge >= 0.3 is 0 Å². The van der Waals surface area contributed by atoms with Gasteiger partial charge in [0.2, 0.25) is 0 Å². The molecule has 0 bridgehead atoms. The van der Waals surface area contributed by atoms with Crippen molar-refractivity contribution in [3.8, 4) is 6.07 Å². The minimum atomic E-state index is 0.426. The zero-order valence-corrected chi connectivity index (χ0v) is 7.44. The summed E-state index contributed by atoms with van der Waals surface area (Å²) >= 11 is 0. The van der Waals surface area contributed by atoms with Crippen molar-refractivity contribution in [2.24, 2.45) is 7.05 Å². The van der Waals surface area contributed by atoms with Crippen molar-refractivity contribution in [3.63, 3.8) is 0 Å². The van der Waals surface area contributed by atoms with E-state index in [2.05, 4.69) is 10.1 Å². The molecule has 0 N–H and O–H groups in total. The van der Waals surface area contributed by atoms with Gasteiger partial charge in [-0.25, -0.2) is 4.98 Å². The predicted molar refractivity (Wildman–Crippen MR) is 48.0 cm³/mol. The van der Waals surface area contributed by atoms with E-state index in [0.29, 0.717) is 5.69 Å². The zero-order valence-electron chi connectivity index (χ0n) is 7.44. The number of hydrogen-bond acceptors (Lipinski definition) is 3. The lowest BCUT2D eigenvalue weighted by molar-refractivity contribution is 0.773. The van der Waals surface area contributed by atoms with E-state index in [0.717, 1.165) is 16.7 Å². The van der Waals surface area contributed by atoms with Crippen molar-refractivity contribution in [1.82, 2.24) is 14.8 Å². The molecule has 2 heterocycles.